The number of hydrogen-bond acceptors (Lipinski definition) is 2. The molecule has 0 heterocycles. The van der Waals surface area contributed by atoms with E-state index in [0.717, 1.165) is 25.6 Å². The first-order valence-corrected chi connectivity index (χ1v) is 4.81. The van der Waals surface area contributed by atoms with Crippen LogP contribution in [0.25, 0.3) is 0 Å². The van der Waals surface area contributed by atoms with Crippen LogP contribution in [0.4, 0.5) is 0 Å². The van der Waals surface area contributed by atoms with Crippen LogP contribution in [-0.4, -0.2) is 26.7 Å². The van der Waals surface area contributed by atoms with Gasteiger partial charge in [0.15, 0.2) is 0 Å². The molecule has 12 heavy (non-hydrogen) atoms. The van der Waals surface area contributed by atoms with Crippen molar-refractivity contribution in [3.8, 4) is 0 Å². The van der Waals surface area contributed by atoms with Gasteiger partial charge >= 0.3 is 0 Å². The molecule has 0 aromatic heterocycles. The second kappa shape index (κ2) is 5.55. The Bertz CT molecular complexity index is 105. The van der Waals surface area contributed by atoms with Crippen LogP contribution < -0.4 is 10.6 Å². The summed E-state index contributed by atoms with van der Waals surface area (Å²) in [6.07, 6.45) is 0. The SMILES string of the molecule is CNCC(C)CNCC(C)(C)C. The molecule has 0 amide bonds. The van der Waals surface area contributed by atoms with E-state index in [9.17, 15) is 0 Å². The third kappa shape index (κ3) is 8.02. The van der Waals surface area contributed by atoms with Gasteiger partial charge in [-0.05, 0) is 38.0 Å². The molecule has 0 saturated carbocycles. The van der Waals surface area contributed by atoms with Gasteiger partial charge in [-0.2, -0.15) is 0 Å². The first kappa shape index (κ1) is 11.9. The van der Waals surface area contributed by atoms with Crippen molar-refractivity contribution in [3.63, 3.8) is 0 Å². The van der Waals surface area contributed by atoms with E-state index < -0.39 is 0 Å². The molecule has 0 fully saturated rings. The van der Waals surface area contributed by atoms with Crippen LogP contribution in [0, 0.1) is 11.3 Å². The van der Waals surface area contributed by atoms with E-state index in [1.807, 2.05) is 7.05 Å². The highest BCUT2D eigenvalue weighted by Gasteiger charge is 2.09. The van der Waals surface area contributed by atoms with Gasteiger partial charge in [0.05, 0.1) is 0 Å². The lowest BCUT2D eigenvalue weighted by Crippen LogP contribution is -2.33. The van der Waals surface area contributed by atoms with Gasteiger partial charge in [0.1, 0.15) is 0 Å². The van der Waals surface area contributed by atoms with Crippen molar-refractivity contribution < 1.29 is 0 Å². The summed E-state index contributed by atoms with van der Waals surface area (Å²) in [6, 6.07) is 0. The molecule has 0 radical (unpaired) electrons. The summed E-state index contributed by atoms with van der Waals surface area (Å²) in [5, 5.41) is 6.65. The van der Waals surface area contributed by atoms with Crippen molar-refractivity contribution in [2.45, 2.75) is 27.7 Å². The summed E-state index contributed by atoms with van der Waals surface area (Å²) in [4.78, 5) is 0. The Morgan fingerprint density at radius 2 is 1.75 bits per heavy atom. The maximum atomic E-state index is 3.47. The molecular formula is C10H24N2. The molecule has 0 aliphatic carbocycles. The monoisotopic (exact) mass is 172 g/mol. The van der Waals surface area contributed by atoms with Gasteiger partial charge in [0.2, 0.25) is 0 Å². The Labute approximate surface area is 77.1 Å². The molecule has 0 saturated heterocycles. The predicted octanol–water partition coefficient (Wildman–Crippen LogP) is 1.48. The molecule has 0 rings (SSSR count). The van der Waals surface area contributed by atoms with Gasteiger partial charge in [0, 0.05) is 0 Å². The van der Waals surface area contributed by atoms with Crippen molar-refractivity contribution in [1.82, 2.24) is 10.6 Å². The average Bonchev–Trinajstić information content (AvgIpc) is 1.84. The second-order valence-corrected chi connectivity index (χ2v) is 4.85. The van der Waals surface area contributed by atoms with Crippen molar-refractivity contribution in [2.75, 3.05) is 26.7 Å². The first-order chi connectivity index (χ1) is 5.45. The summed E-state index contributed by atoms with van der Waals surface area (Å²) in [5.74, 6) is 0.720. The quantitative estimate of drug-likeness (QED) is 0.656. The maximum Gasteiger partial charge on any atom is -0.000000210 e. The predicted molar refractivity (Wildman–Crippen MR) is 55.4 cm³/mol. The fraction of sp³-hybridized carbons (Fsp3) is 1.00. The standard InChI is InChI=1S/C10H24N2/c1-9(6-11-5)7-12-8-10(2,3)4/h9,11-12H,6-8H2,1-5H3. The lowest BCUT2D eigenvalue weighted by molar-refractivity contribution is 0.361. The summed E-state index contributed by atoms with van der Waals surface area (Å²) in [7, 11) is 2.00. The van der Waals surface area contributed by atoms with Crippen LogP contribution in [-0.2, 0) is 0 Å². The highest BCUT2D eigenvalue weighted by Crippen LogP contribution is 2.10. The minimum atomic E-state index is 0.402. The van der Waals surface area contributed by atoms with Gasteiger partial charge in [-0.3, -0.25) is 0 Å². The molecule has 74 valence electrons. The normalized spacial score (nSPS) is 14.8. The molecule has 1 unspecified atom stereocenters. The molecule has 0 aliphatic rings. The minimum absolute atomic E-state index is 0.402. The van der Waals surface area contributed by atoms with E-state index in [1.165, 1.54) is 0 Å². The molecule has 0 spiro atoms. The van der Waals surface area contributed by atoms with E-state index >= 15 is 0 Å². The average molecular weight is 172 g/mol. The Morgan fingerprint density at radius 1 is 1.17 bits per heavy atom. The smallest absolute Gasteiger partial charge is 0.000000210 e. The van der Waals surface area contributed by atoms with Crippen LogP contribution in [0.2, 0.25) is 0 Å². The molecule has 2 nitrogen and oxygen atoms in total. The van der Waals surface area contributed by atoms with Crippen LogP contribution in [0.1, 0.15) is 27.7 Å². The van der Waals surface area contributed by atoms with E-state index in [0.29, 0.717) is 5.41 Å². The van der Waals surface area contributed by atoms with Gasteiger partial charge in [-0.1, -0.05) is 27.7 Å². The fourth-order valence-electron chi connectivity index (χ4n) is 1.11. The van der Waals surface area contributed by atoms with Gasteiger partial charge < -0.3 is 10.6 Å². The molecule has 2 heteroatoms. The summed E-state index contributed by atoms with van der Waals surface area (Å²) < 4.78 is 0. The second-order valence-electron chi connectivity index (χ2n) is 4.85. The molecular weight excluding hydrogens is 148 g/mol. The lowest BCUT2D eigenvalue weighted by atomic mass is 9.97. The Hall–Kier alpha value is -0.0800. The van der Waals surface area contributed by atoms with Crippen molar-refractivity contribution >= 4 is 0 Å². The number of hydrogen-bond donors (Lipinski definition) is 2. The van der Waals surface area contributed by atoms with E-state index in [-0.39, 0.29) is 0 Å². The Balaban J connectivity index is 3.31. The Morgan fingerprint density at radius 3 is 2.17 bits per heavy atom. The topological polar surface area (TPSA) is 24.1 Å². The summed E-state index contributed by atoms with van der Waals surface area (Å²) in [6.45, 7) is 12.3. The first-order valence-electron chi connectivity index (χ1n) is 4.81. The molecule has 0 aromatic rings. The highest BCUT2D eigenvalue weighted by atomic mass is 14.9. The van der Waals surface area contributed by atoms with Gasteiger partial charge in [-0.25, -0.2) is 0 Å². The Kier molecular flexibility index (Phi) is 5.51. The highest BCUT2D eigenvalue weighted by molar-refractivity contribution is 4.66. The zero-order chi connectivity index (χ0) is 9.61. The summed E-state index contributed by atoms with van der Waals surface area (Å²) in [5.41, 5.74) is 0.402. The third-order valence-corrected chi connectivity index (χ3v) is 1.70. The van der Waals surface area contributed by atoms with E-state index in [4.69, 9.17) is 0 Å². The molecule has 0 aromatic carbocycles. The van der Waals surface area contributed by atoms with E-state index in [2.05, 4.69) is 38.3 Å². The largest absolute Gasteiger partial charge is 0.319 e. The molecule has 0 aliphatic heterocycles. The third-order valence-electron chi connectivity index (χ3n) is 1.70. The molecule has 2 N–H and O–H groups in total. The van der Waals surface area contributed by atoms with Crippen molar-refractivity contribution in [3.05, 3.63) is 0 Å². The minimum Gasteiger partial charge on any atom is -0.319 e. The zero-order valence-electron chi connectivity index (χ0n) is 9.20. The van der Waals surface area contributed by atoms with Gasteiger partial charge in [-0.15, -0.1) is 0 Å². The molecule has 1 atom stereocenters. The fourth-order valence-corrected chi connectivity index (χ4v) is 1.11. The zero-order valence-corrected chi connectivity index (χ0v) is 9.20. The molecule has 0 bridgehead atoms. The lowest BCUT2D eigenvalue weighted by Gasteiger charge is -2.20. The van der Waals surface area contributed by atoms with Crippen LogP contribution in [0.3, 0.4) is 0 Å². The maximum absolute atomic E-state index is 3.47. The summed E-state index contributed by atoms with van der Waals surface area (Å²) >= 11 is 0. The van der Waals surface area contributed by atoms with Crippen LogP contribution in [0.15, 0.2) is 0 Å². The van der Waals surface area contributed by atoms with Crippen LogP contribution in [0.5, 0.6) is 0 Å². The van der Waals surface area contributed by atoms with Crippen molar-refractivity contribution in [2.24, 2.45) is 11.3 Å². The van der Waals surface area contributed by atoms with Crippen LogP contribution >= 0.6 is 0 Å². The number of rotatable bonds is 5. The van der Waals surface area contributed by atoms with Gasteiger partial charge in [0.25, 0.3) is 0 Å². The van der Waals surface area contributed by atoms with Crippen molar-refractivity contribution in [1.29, 1.82) is 0 Å². The van der Waals surface area contributed by atoms with E-state index in [1.54, 1.807) is 0 Å². The number of nitrogens with one attached hydrogen (secondary N) is 2.